The van der Waals surface area contributed by atoms with E-state index in [2.05, 4.69) is 31.0 Å². The maximum atomic E-state index is 13.7. The third-order valence-corrected chi connectivity index (χ3v) is 12.5. The van der Waals surface area contributed by atoms with Gasteiger partial charge in [-0.25, -0.2) is 19.3 Å². The van der Waals surface area contributed by atoms with Gasteiger partial charge in [0.25, 0.3) is 5.56 Å². The summed E-state index contributed by atoms with van der Waals surface area (Å²) in [5.74, 6) is 1.70. The zero-order valence-corrected chi connectivity index (χ0v) is 30.0. The summed E-state index contributed by atoms with van der Waals surface area (Å²) in [7, 11) is 2.16. The van der Waals surface area contributed by atoms with Gasteiger partial charge in [0.05, 0.1) is 41.3 Å². The third-order valence-electron chi connectivity index (χ3n) is 12.5. The SMILES string of the molecule is C[C@@H]([C@@H]1CCCN1C)n1ncc2c(-n3cc4ccn([C@H]5CCOC5)c(=O)c4n3)nc(-c3noc4c3CCC[C@@]43CCCc4ccc(N)c(C#N)c43)nc21. The standard InChI is InChI=1S/C39H41N11O3/c1-22(30-8-5-15-47(30)2)50-37-28(19-42-50)36(49-20-24-11-16-48(25-12-17-52-21-25)38(51)32(24)45-49)43-35(44-37)33-26-7-4-14-39(34(26)53-46-33)13-3-6-23-9-10-29(41)27(18-40)31(23)39/h9-11,16,19-20,22,25,30H,3-8,12-15,17,21,41H2,1-2H3/t22-,25-,30-,39+/m0/s1. The smallest absolute Gasteiger partial charge is 0.279 e. The second-order valence-corrected chi connectivity index (χ2v) is 15.4. The van der Waals surface area contributed by atoms with Crippen molar-refractivity contribution in [2.45, 2.75) is 88.3 Å². The molecule has 270 valence electrons. The highest BCUT2D eigenvalue weighted by molar-refractivity contribution is 5.86. The topological polar surface area (TPSA) is 172 Å². The molecule has 1 spiro atoms. The molecule has 53 heavy (non-hydrogen) atoms. The molecule has 4 atom stereocenters. The minimum absolute atomic E-state index is 0.0127. The average Bonchev–Trinajstić information content (AvgIpc) is 4.02. The summed E-state index contributed by atoms with van der Waals surface area (Å²) in [6.07, 6.45) is 13.7. The Bertz CT molecular complexity index is 2530. The first-order chi connectivity index (χ1) is 25.9. The Morgan fingerprint density at radius 3 is 2.77 bits per heavy atom. The van der Waals surface area contributed by atoms with Crippen LogP contribution < -0.4 is 11.3 Å². The number of nitrogens with two attached hydrogens (primary N) is 1. The number of aryl methyl sites for hydroxylation is 1. The van der Waals surface area contributed by atoms with Gasteiger partial charge in [0.1, 0.15) is 6.07 Å². The largest absolute Gasteiger partial charge is 0.398 e. The number of hydrogen-bond acceptors (Lipinski definition) is 11. The highest BCUT2D eigenvalue weighted by atomic mass is 16.5. The first-order valence-corrected chi connectivity index (χ1v) is 18.8. The van der Waals surface area contributed by atoms with Gasteiger partial charge in [-0.2, -0.15) is 15.5 Å². The van der Waals surface area contributed by atoms with Crippen LogP contribution in [0.4, 0.5) is 5.69 Å². The van der Waals surface area contributed by atoms with E-state index < -0.39 is 5.41 Å². The highest BCUT2D eigenvalue weighted by Crippen LogP contribution is 2.53. The van der Waals surface area contributed by atoms with E-state index in [9.17, 15) is 10.1 Å². The Morgan fingerprint density at radius 2 is 1.98 bits per heavy atom. The molecule has 0 radical (unpaired) electrons. The summed E-state index contributed by atoms with van der Waals surface area (Å²) in [6.45, 7) is 4.38. The number of anilines is 1. The number of hydrogen-bond donors (Lipinski definition) is 1. The predicted molar refractivity (Wildman–Crippen MR) is 197 cm³/mol. The van der Waals surface area contributed by atoms with E-state index in [-0.39, 0.29) is 17.6 Å². The van der Waals surface area contributed by atoms with Crippen molar-refractivity contribution in [2.75, 3.05) is 32.5 Å². The minimum atomic E-state index is -0.507. The van der Waals surface area contributed by atoms with Crippen LogP contribution in [0.2, 0.25) is 0 Å². The van der Waals surface area contributed by atoms with Crippen LogP contribution in [0.5, 0.6) is 0 Å². The van der Waals surface area contributed by atoms with Crippen molar-refractivity contribution in [3.63, 3.8) is 0 Å². The summed E-state index contributed by atoms with van der Waals surface area (Å²) < 4.78 is 17.4. The molecule has 6 aromatic rings. The Kier molecular flexibility index (Phi) is 7.35. The molecule has 2 N–H and O–H groups in total. The number of likely N-dealkylation sites (tertiary alicyclic amines) is 1. The fraction of sp³-hybridized carbons (Fsp3) is 0.462. The number of nitrogen functional groups attached to an aromatic ring is 1. The number of pyridine rings is 1. The molecular formula is C39H41N11O3. The maximum Gasteiger partial charge on any atom is 0.279 e. The lowest BCUT2D eigenvalue weighted by atomic mass is 9.61. The average molecular weight is 712 g/mol. The number of nitriles is 1. The van der Waals surface area contributed by atoms with E-state index in [1.807, 2.05) is 29.2 Å². The number of rotatable bonds is 5. The predicted octanol–water partition coefficient (Wildman–Crippen LogP) is 5.01. The molecule has 2 fully saturated rings. The number of likely N-dealkylation sites (N-methyl/N-ethyl adjacent to an activating group) is 1. The Labute approximate surface area is 305 Å². The summed E-state index contributed by atoms with van der Waals surface area (Å²) in [4.78, 5) is 26.5. The fourth-order valence-corrected chi connectivity index (χ4v) is 9.85. The maximum absolute atomic E-state index is 13.7. The van der Waals surface area contributed by atoms with Gasteiger partial charge in [-0.05, 0) is 102 Å². The van der Waals surface area contributed by atoms with E-state index in [4.69, 9.17) is 40.3 Å². The Balaban J connectivity index is 1.16. The second-order valence-electron chi connectivity index (χ2n) is 15.4. The van der Waals surface area contributed by atoms with Crippen LogP contribution in [0.15, 0.2) is 46.1 Å². The second kappa shape index (κ2) is 12.1. The van der Waals surface area contributed by atoms with Gasteiger partial charge >= 0.3 is 0 Å². The normalized spacial score (nSPS) is 23.5. The number of nitrogens with zero attached hydrogens (tertiary/aromatic N) is 10. The van der Waals surface area contributed by atoms with E-state index in [0.29, 0.717) is 59.0 Å². The van der Waals surface area contributed by atoms with Crippen molar-refractivity contribution in [2.24, 2.45) is 0 Å². The lowest BCUT2D eigenvalue weighted by Gasteiger charge is -2.41. The quantitative estimate of drug-likeness (QED) is 0.238. The molecule has 5 aromatic heterocycles. The third kappa shape index (κ3) is 4.76. The lowest BCUT2D eigenvalue weighted by Crippen LogP contribution is -2.36. The van der Waals surface area contributed by atoms with Crippen LogP contribution in [0, 0.1) is 11.3 Å². The molecule has 4 aliphatic rings. The van der Waals surface area contributed by atoms with Crippen LogP contribution in [-0.2, 0) is 23.0 Å². The van der Waals surface area contributed by atoms with Gasteiger partial charge in [0.2, 0.25) is 0 Å². The van der Waals surface area contributed by atoms with Gasteiger partial charge in [0, 0.05) is 41.7 Å². The van der Waals surface area contributed by atoms with Gasteiger partial charge in [-0.1, -0.05) is 11.2 Å². The van der Waals surface area contributed by atoms with Crippen LogP contribution in [0.1, 0.15) is 92.0 Å². The van der Waals surface area contributed by atoms with Crippen molar-refractivity contribution >= 4 is 27.6 Å². The molecule has 14 heteroatoms. The van der Waals surface area contributed by atoms with E-state index in [1.165, 1.54) is 0 Å². The van der Waals surface area contributed by atoms with Crippen molar-refractivity contribution < 1.29 is 9.26 Å². The summed E-state index contributed by atoms with van der Waals surface area (Å²) in [6, 6.07) is 8.59. The van der Waals surface area contributed by atoms with Crippen molar-refractivity contribution in [1.29, 1.82) is 5.26 Å². The Morgan fingerprint density at radius 1 is 1.11 bits per heavy atom. The molecular weight excluding hydrogens is 671 g/mol. The van der Waals surface area contributed by atoms with Gasteiger partial charge < -0.3 is 24.5 Å². The molecule has 7 heterocycles. The van der Waals surface area contributed by atoms with Gasteiger partial charge in [0.15, 0.2) is 34.3 Å². The van der Waals surface area contributed by atoms with E-state index in [0.717, 1.165) is 97.6 Å². The first kappa shape index (κ1) is 32.3. The molecule has 0 amide bonds. The molecule has 0 unspecified atom stereocenters. The molecule has 1 aromatic carbocycles. The number of ether oxygens (including phenoxy) is 1. The monoisotopic (exact) mass is 711 g/mol. The van der Waals surface area contributed by atoms with Crippen molar-refractivity contribution in [3.05, 3.63) is 75.2 Å². The molecule has 0 saturated carbocycles. The Hall–Kier alpha value is -5.39. The van der Waals surface area contributed by atoms with E-state index in [1.54, 1.807) is 15.4 Å². The van der Waals surface area contributed by atoms with Crippen molar-refractivity contribution in [1.82, 2.24) is 44.2 Å². The van der Waals surface area contributed by atoms with E-state index >= 15 is 0 Å². The minimum Gasteiger partial charge on any atom is -0.398 e. The molecule has 2 saturated heterocycles. The van der Waals surface area contributed by atoms with Gasteiger partial charge in [-0.3, -0.25) is 4.79 Å². The number of fused-ring (bicyclic) bond motifs is 6. The lowest BCUT2D eigenvalue weighted by molar-refractivity contribution is 0.186. The van der Waals surface area contributed by atoms with Gasteiger partial charge in [-0.15, -0.1) is 0 Å². The number of aromatic nitrogens is 8. The van der Waals surface area contributed by atoms with Crippen molar-refractivity contribution in [3.8, 4) is 23.4 Å². The highest BCUT2D eigenvalue weighted by Gasteiger charge is 2.48. The molecule has 2 aliphatic heterocycles. The molecule has 10 rings (SSSR count). The molecule has 14 nitrogen and oxygen atoms in total. The zero-order valence-electron chi connectivity index (χ0n) is 30.0. The summed E-state index contributed by atoms with van der Waals surface area (Å²) in [5, 5.41) is 26.2. The summed E-state index contributed by atoms with van der Waals surface area (Å²) >= 11 is 0. The van der Waals surface area contributed by atoms with Crippen LogP contribution >= 0.6 is 0 Å². The zero-order chi connectivity index (χ0) is 36.0. The fourth-order valence-electron chi connectivity index (χ4n) is 9.85. The molecule has 2 aliphatic carbocycles. The molecule has 0 bridgehead atoms. The summed E-state index contributed by atoms with van der Waals surface area (Å²) in [5.41, 5.74) is 11.5. The van der Waals surface area contributed by atoms with Crippen LogP contribution in [0.3, 0.4) is 0 Å². The number of benzene rings is 1. The van der Waals surface area contributed by atoms with Crippen LogP contribution in [-0.4, -0.2) is 77.0 Å². The first-order valence-electron chi connectivity index (χ1n) is 18.8. The van der Waals surface area contributed by atoms with Crippen LogP contribution in [0.25, 0.3) is 39.3 Å².